The first-order chi connectivity index (χ1) is 8.78. The summed E-state index contributed by atoms with van der Waals surface area (Å²) in [5.74, 6) is -0.753. The Balaban J connectivity index is 2.46. The number of carbonyl (C=O) groups excluding carboxylic acids is 2. The molecular weight excluding hydrogens is 262 g/mol. The van der Waals surface area contributed by atoms with Crippen LogP contribution < -0.4 is 5.32 Å². The first kappa shape index (κ1) is 15.4. The molecule has 1 aromatic rings. The van der Waals surface area contributed by atoms with Crippen molar-refractivity contribution in [2.75, 3.05) is 0 Å². The number of hydrogen-bond acceptors (Lipinski definition) is 4. The van der Waals surface area contributed by atoms with Gasteiger partial charge in [-0.05, 0) is 45.2 Å². The molecule has 0 aliphatic rings. The van der Waals surface area contributed by atoms with Crippen molar-refractivity contribution in [2.24, 2.45) is 0 Å². The van der Waals surface area contributed by atoms with E-state index >= 15 is 0 Å². The molecule has 1 atom stereocenters. The van der Waals surface area contributed by atoms with E-state index in [4.69, 9.17) is 4.74 Å². The predicted octanol–water partition coefficient (Wildman–Crippen LogP) is 2.61. The van der Waals surface area contributed by atoms with Crippen LogP contribution in [0.15, 0.2) is 23.6 Å². The molecule has 0 spiro atoms. The Morgan fingerprint density at radius 2 is 2.11 bits per heavy atom. The standard InChI is InChI=1S/C14H19NO3S/c1-10(13(17)18-14(2,3)4)15-12(16)8-7-11-6-5-9-19-11/h5-10H,1-4H3,(H,15,16)/b8-7+/t10-/m1/s1. The topological polar surface area (TPSA) is 55.4 Å². The molecule has 19 heavy (non-hydrogen) atoms. The number of carbonyl (C=O) groups is 2. The largest absolute Gasteiger partial charge is 0.458 e. The van der Waals surface area contributed by atoms with Gasteiger partial charge in [0.2, 0.25) is 5.91 Å². The lowest BCUT2D eigenvalue weighted by molar-refractivity contribution is -0.157. The highest BCUT2D eigenvalue weighted by atomic mass is 32.1. The minimum absolute atomic E-state index is 0.313. The van der Waals surface area contributed by atoms with Crippen molar-refractivity contribution in [1.82, 2.24) is 5.32 Å². The summed E-state index contributed by atoms with van der Waals surface area (Å²) >= 11 is 1.54. The van der Waals surface area contributed by atoms with E-state index in [1.807, 2.05) is 17.5 Å². The van der Waals surface area contributed by atoms with Gasteiger partial charge in [0.05, 0.1) is 0 Å². The molecule has 0 fully saturated rings. The van der Waals surface area contributed by atoms with Crippen LogP contribution in [0.5, 0.6) is 0 Å². The highest BCUT2D eigenvalue weighted by Crippen LogP contribution is 2.10. The molecule has 1 rings (SSSR count). The molecule has 1 aromatic heterocycles. The lowest BCUT2D eigenvalue weighted by Gasteiger charge is -2.22. The highest BCUT2D eigenvalue weighted by molar-refractivity contribution is 7.10. The van der Waals surface area contributed by atoms with Gasteiger partial charge in [-0.1, -0.05) is 6.07 Å². The van der Waals surface area contributed by atoms with Gasteiger partial charge in [0.15, 0.2) is 0 Å². The summed E-state index contributed by atoms with van der Waals surface area (Å²) in [6.45, 7) is 6.97. The van der Waals surface area contributed by atoms with Crippen molar-refractivity contribution >= 4 is 29.3 Å². The van der Waals surface area contributed by atoms with Gasteiger partial charge < -0.3 is 10.1 Å². The zero-order valence-electron chi connectivity index (χ0n) is 11.6. The Labute approximate surface area is 117 Å². The maximum Gasteiger partial charge on any atom is 0.328 e. The summed E-state index contributed by atoms with van der Waals surface area (Å²) in [5, 5.41) is 4.50. The normalized spacial score (nSPS) is 13.3. The number of thiophene rings is 1. The van der Waals surface area contributed by atoms with Crippen molar-refractivity contribution < 1.29 is 14.3 Å². The molecule has 104 valence electrons. The van der Waals surface area contributed by atoms with Crippen LogP contribution in [0.3, 0.4) is 0 Å². The maximum absolute atomic E-state index is 11.7. The van der Waals surface area contributed by atoms with Crippen molar-refractivity contribution in [3.8, 4) is 0 Å². The Bertz CT molecular complexity index is 458. The second-order valence-electron chi connectivity index (χ2n) is 5.11. The molecule has 0 unspecified atom stereocenters. The van der Waals surface area contributed by atoms with Crippen LogP contribution in [-0.2, 0) is 14.3 Å². The first-order valence-electron chi connectivity index (χ1n) is 6.03. The average Bonchev–Trinajstić information content (AvgIpc) is 2.76. The SMILES string of the molecule is C[C@@H](NC(=O)/C=C/c1cccs1)C(=O)OC(C)(C)C. The van der Waals surface area contributed by atoms with Gasteiger partial charge in [0, 0.05) is 11.0 Å². The van der Waals surface area contributed by atoms with Gasteiger partial charge in [0.1, 0.15) is 11.6 Å². The van der Waals surface area contributed by atoms with Gasteiger partial charge >= 0.3 is 5.97 Å². The number of esters is 1. The molecule has 0 saturated heterocycles. The van der Waals surface area contributed by atoms with E-state index < -0.39 is 17.6 Å². The van der Waals surface area contributed by atoms with Crippen molar-refractivity contribution in [2.45, 2.75) is 39.3 Å². The maximum atomic E-state index is 11.7. The molecule has 0 aromatic carbocycles. The summed E-state index contributed by atoms with van der Waals surface area (Å²) in [4.78, 5) is 24.3. The van der Waals surface area contributed by atoms with Crippen LogP contribution in [0.25, 0.3) is 6.08 Å². The zero-order valence-corrected chi connectivity index (χ0v) is 12.4. The van der Waals surface area contributed by atoms with Gasteiger partial charge in [0.25, 0.3) is 0 Å². The minimum Gasteiger partial charge on any atom is -0.458 e. The smallest absolute Gasteiger partial charge is 0.328 e. The lowest BCUT2D eigenvalue weighted by atomic mass is 10.2. The number of nitrogens with one attached hydrogen (secondary N) is 1. The molecule has 1 N–H and O–H groups in total. The monoisotopic (exact) mass is 281 g/mol. The van der Waals surface area contributed by atoms with Crippen LogP contribution in [0.1, 0.15) is 32.6 Å². The van der Waals surface area contributed by atoms with E-state index in [1.165, 1.54) is 17.4 Å². The second kappa shape index (κ2) is 6.52. The number of hydrogen-bond donors (Lipinski definition) is 1. The Kier molecular flexibility index (Phi) is 5.30. The van der Waals surface area contributed by atoms with Crippen LogP contribution in [0, 0.1) is 0 Å². The van der Waals surface area contributed by atoms with Crippen LogP contribution in [0.4, 0.5) is 0 Å². The van der Waals surface area contributed by atoms with Gasteiger partial charge in [-0.25, -0.2) is 4.79 Å². The molecule has 1 heterocycles. The molecule has 1 amide bonds. The van der Waals surface area contributed by atoms with E-state index in [1.54, 1.807) is 33.8 Å². The van der Waals surface area contributed by atoms with E-state index in [-0.39, 0.29) is 5.91 Å². The summed E-state index contributed by atoms with van der Waals surface area (Å²) in [7, 11) is 0. The molecule has 0 bridgehead atoms. The third-order valence-electron chi connectivity index (χ3n) is 2.06. The van der Waals surface area contributed by atoms with Crippen LogP contribution >= 0.6 is 11.3 Å². The van der Waals surface area contributed by atoms with Gasteiger partial charge in [-0.2, -0.15) is 0 Å². The fraction of sp³-hybridized carbons (Fsp3) is 0.429. The second-order valence-corrected chi connectivity index (χ2v) is 6.09. The van der Waals surface area contributed by atoms with Gasteiger partial charge in [-0.15, -0.1) is 11.3 Å². The van der Waals surface area contributed by atoms with Crippen molar-refractivity contribution in [1.29, 1.82) is 0 Å². The summed E-state index contributed by atoms with van der Waals surface area (Å²) in [5.41, 5.74) is -0.553. The molecule has 0 aliphatic carbocycles. The Hall–Kier alpha value is -1.62. The fourth-order valence-electron chi connectivity index (χ4n) is 1.25. The summed E-state index contributed by atoms with van der Waals surface area (Å²) in [6, 6.07) is 3.15. The van der Waals surface area contributed by atoms with E-state index in [2.05, 4.69) is 5.32 Å². The predicted molar refractivity (Wildman–Crippen MR) is 76.8 cm³/mol. The van der Waals surface area contributed by atoms with E-state index in [0.717, 1.165) is 4.88 Å². The zero-order chi connectivity index (χ0) is 14.5. The molecule has 0 saturated carbocycles. The number of rotatable bonds is 4. The minimum atomic E-state index is -0.667. The summed E-state index contributed by atoms with van der Waals surface area (Å²) < 4.78 is 5.18. The quantitative estimate of drug-likeness (QED) is 0.682. The van der Waals surface area contributed by atoms with E-state index in [0.29, 0.717) is 0 Å². The lowest BCUT2D eigenvalue weighted by Crippen LogP contribution is -2.41. The van der Waals surface area contributed by atoms with E-state index in [9.17, 15) is 9.59 Å². The number of amides is 1. The number of ether oxygens (including phenoxy) is 1. The summed E-state index contributed by atoms with van der Waals surface area (Å²) in [6.07, 6.45) is 3.12. The molecule has 0 radical (unpaired) electrons. The van der Waals surface area contributed by atoms with Gasteiger partial charge in [-0.3, -0.25) is 4.79 Å². The molecule has 4 nitrogen and oxygen atoms in total. The molecule has 5 heteroatoms. The van der Waals surface area contributed by atoms with Crippen LogP contribution in [0.2, 0.25) is 0 Å². The fourth-order valence-corrected chi connectivity index (χ4v) is 1.87. The third-order valence-corrected chi connectivity index (χ3v) is 2.90. The molecular formula is C14H19NO3S. The Morgan fingerprint density at radius 3 is 2.63 bits per heavy atom. The Morgan fingerprint density at radius 1 is 1.42 bits per heavy atom. The third kappa shape index (κ3) is 6.20. The van der Waals surface area contributed by atoms with Crippen molar-refractivity contribution in [3.05, 3.63) is 28.5 Å². The first-order valence-corrected chi connectivity index (χ1v) is 6.91. The average molecular weight is 281 g/mol. The van der Waals surface area contributed by atoms with Crippen LogP contribution in [-0.4, -0.2) is 23.5 Å². The molecule has 0 aliphatic heterocycles. The van der Waals surface area contributed by atoms with Crippen molar-refractivity contribution in [3.63, 3.8) is 0 Å². The highest BCUT2D eigenvalue weighted by Gasteiger charge is 2.22.